The van der Waals surface area contributed by atoms with Gasteiger partial charge in [-0.3, -0.25) is 0 Å². The van der Waals surface area contributed by atoms with E-state index >= 15 is 0 Å². The Morgan fingerprint density at radius 3 is 2.04 bits per heavy atom. The molecular formula is C21H23NO2S. The van der Waals surface area contributed by atoms with Gasteiger partial charge in [0, 0.05) is 17.5 Å². The molecule has 0 radical (unpaired) electrons. The summed E-state index contributed by atoms with van der Waals surface area (Å²) in [5.41, 5.74) is 4.89. The van der Waals surface area contributed by atoms with Crippen LogP contribution in [0.3, 0.4) is 0 Å². The molecule has 25 heavy (non-hydrogen) atoms. The van der Waals surface area contributed by atoms with Gasteiger partial charge in [0.15, 0.2) is 0 Å². The third-order valence-corrected chi connectivity index (χ3v) is 6.26. The largest absolute Gasteiger partial charge is 0.267 e. The lowest BCUT2D eigenvalue weighted by Gasteiger charge is -2.11. The molecule has 0 bridgehead atoms. The molecule has 0 unspecified atom stereocenters. The molecule has 1 aromatic heterocycles. The molecule has 0 saturated carbocycles. The summed E-state index contributed by atoms with van der Waals surface area (Å²) in [5, 5.41) is 0. The van der Waals surface area contributed by atoms with E-state index in [4.69, 9.17) is 0 Å². The van der Waals surface area contributed by atoms with Crippen LogP contribution in [-0.2, 0) is 10.0 Å². The Hall–Kier alpha value is -2.33. The minimum absolute atomic E-state index is 0.227. The van der Waals surface area contributed by atoms with Crippen molar-refractivity contribution in [3.63, 3.8) is 0 Å². The average molecular weight is 353 g/mol. The molecule has 4 heteroatoms. The van der Waals surface area contributed by atoms with Crippen molar-refractivity contribution in [3.05, 3.63) is 77.6 Å². The Bertz CT molecular complexity index is 982. The van der Waals surface area contributed by atoms with Crippen LogP contribution in [0, 0.1) is 13.8 Å². The highest BCUT2D eigenvalue weighted by atomic mass is 32.2. The second-order valence-electron chi connectivity index (χ2n) is 6.68. The van der Waals surface area contributed by atoms with Crippen molar-refractivity contribution in [2.75, 3.05) is 0 Å². The molecule has 0 aliphatic carbocycles. The molecule has 1 heterocycles. The van der Waals surface area contributed by atoms with Crippen molar-refractivity contribution in [1.82, 2.24) is 3.97 Å². The number of rotatable bonds is 4. The van der Waals surface area contributed by atoms with Crippen molar-refractivity contribution < 1.29 is 8.42 Å². The molecule has 0 fully saturated rings. The second kappa shape index (κ2) is 6.52. The van der Waals surface area contributed by atoms with Crippen LogP contribution in [-0.4, -0.2) is 12.4 Å². The fourth-order valence-electron chi connectivity index (χ4n) is 3.25. The molecule has 0 aliphatic heterocycles. The summed E-state index contributed by atoms with van der Waals surface area (Å²) >= 11 is 0. The third kappa shape index (κ3) is 3.14. The van der Waals surface area contributed by atoms with Crippen molar-refractivity contribution >= 4 is 10.0 Å². The smallest absolute Gasteiger partial charge is 0.245 e. The number of benzene rings is 2. The monoisotopic (exact) mass is 353 g/mol. The normalized spacial score (nSPS) is 11.9. The zero-order chi connectivity index (χ0) is 18.2. The van der Waals surface area contributed by atoms with Gasteiger partial charge < -0.3 is 0 Å². The lowest BCUT2D eigenvalue weighted by atomic mass is 9.95. The van der Waals surface area contributed by atoms with Crippen molar-refractivity contribution in [1.29, 1.82) is 0 Å². The summed E-state index contributed by atoms with van der Waals surface area (Å²) in [6.07, 6.45) is 1.76. The van der Waals surface area contributed by atoms with Gasteiger partial charge in [0.05, 0.1) is 4.90 Å². The predicted octanol–water partition coefficient (Wildman–Crippen LogP) is 5.13. The summed E-state index contributed by atoms with van der Waals surface area (Å²) in [5.74, 6) is 0.227. The first kappa shape index (κ1) is 17.5. The van der Waals surface area contributed by atoms with Gasteiger partial charge in [-0.2, -0.15) is 0 Å². The van der Waals surface area contributed by atoms with Crippen LogP contribution in [0.5, 0.6) is 0 Å². The lowest BCUT2D eigenvalue weighted by molar-refractivity contribution is 0.586. The Morgan fingerprint density at radius 2 is 1.48 bits per heavy atom. The van der Waals surface area contributed by atoms with Gasteiger partial charge in [-0.25, -0.2) is 12.4 Å². The Morgan fingerprint density at radius 1 is 0.880 bits per heavy atom. The van der Waals surface area contributed by atoms with Crippen LogP contribution in [0.25, 0.3) is 11.1 Å². The van der Waals surface area contributed by atoms with Crippen LogP contribution in [0.2, 0.25) is 0 Å². The summed E-state index contributed by atoms with van der Waals surface area (Å²) in [4.78, 5) is 0.311. The molecule has 0 spiro atoms. The first-order valence-electron chi connectivity index (χ1n) is 8.42. The van der Waals surface area contributed by atoms with Gasteiger partial charge in [0.25, 0.3) is 10.0 Å². The highest BCUT2D eigenvalue weighted by molar-refractivity contribution is 7.90. The molecule has 2 aromatic carbocycles. The maximum atomic E-state index is 13.1. The summed E-state index contributed by atoms with van der Waals surface area (Å²) in [6.45, 7) is 8.02. The number of aryl methyl sites for hydroxylation is 1. The zero-order valence-electron chi connectivity index (χ0n) is 15.0. The van der Waals surface area contributed by atoms with Crippen molar-refractivity contribution in [3.8, 4) is 11.1 Å². The van der Waals surface area contributed by atoms with Crippen LogP contribution < -0.4 is 0 Å². The molecule has 3 rings (SSSR count). The van der Waals surface area contributed by atoms with E-state index in [1.165, 1.54) is 3.97 Å². The molecule has 3 nitrogen and oxygen atoms in total. The molecule has 0 amide bonds. The van der Waals surface area contributed by atoms with Crippen LogP contribution in [0.1, 0.15) is 36.6 Å². The number of nitrogens with zero attached hydrogens (tertiary/aromatic N) is 1. The standard InChI is InChI=1S/C21H23NO2S/c1-15(2)21-17(4)22(14-20(21)18-8-6-5-7-9-18)25(23,24)19-12-10-16(3)11-13-19/h5-15H,1-4H3. The van der Waals surface area contributed by atoms with E-state index in [0.29, 0.717) is 4.90 Å². The lowest BCUT2D eigenvalue weighted by Crippen LogP contribution is -2.14. The van der Waals surface area contributed by atoms with Crippen LogP contribution in [0.4, 0.5) is 0 Å². The first-order valence-corrected chi connectivity index (χ1v) is 9.86. The molecule has 0 atom stereocenters. The van der Waals surface area contributed by atoms with E-state index in [0.717, 1.165) is 27.9 Å². The highest BCUT2D eigenvalue weighted by Gasteiger charge is 2.24. The van der Waals surface area contributed by atoms with E-state index in [2.05, 4.69) is 13.8 Å². The van der Waals surface area contributed by atoms with Crippen LogP contribution in [0.15, 0.2) is 65.7 Å². The van der Waals surface area contributed by atoms with Gasteiger partial charge in [0.1, 0.15) is 0 Å². The average Bonchev–Trinajstić information content (AvgIpc) is 2.94. The number of aromatic nitrogens is 1. The van der Waals surface area contributed by atoms with Crippen LogP contribution >= 0.6 is 0 Å². The maximum Gasteiger partial charge on any atom is 0.267 e. The highest BCUT2D eigenvalue weighted by Crippen LogP contribution is 2.35. The number of hydrogen-bond acceptors (Lipinski definition) is 2. The maximum absolute atomic E-state index is 13.1. The van der Waals surface area contributed by atoms with Crippen molar-refractivity contribution in [2.24, 2.45) is 0 Å². The van der Waals surface area contributed by atoms with Gasteiger partial charge in [-0.15, -0.1) is 0 Å². The zero-order valence-corrected chi connectivity index (χ0v) is 15.8. The second-order valence-corrected chi connectivity index (χ2v) is 8.49. The fourth-order valence-corrected chi connectivity index (χ4v) is 4.66. The van der Waals surface area contributed by atoms with E-state index < -0.39 is 10.0 Å². The molecule has 0 saturated heterocycles. The molecule has 3 aromatic rings. The van der Waals surface area contributed by atoms with E-state index in [1.807, 2.05) is 56.3 Å². The third-order valence-electron chi connectivity index (χ3n) is 4.50. The van der Waals surface area contributed by atoms with E-state index in [1.54, 1.807) is 18.3 Å². The Labute approximate surface area is 150 Å². The minimum Gasteiger partial charge on any atom is -0.245 e. The summed E-state index contributed by atoms with van der Waals surface area (Å²) in [7, 11) is -3.61. The number of hydrogen-bond donors (Lipinski definition) is 0. The Balaban J connectivity index is 2.22. The summed E-state index contributed by atoms with van der Waals surface area (Å²) in [6, 6.07) is 16.9. The summed E-state index contributed by atoms with van der Waals surface area (Å²) < 4.78 is 27.7. The quantitative estimate of drug-likeness (QED) is 0.652. The SMILES string of the molecule is Cc1ccc(S(=O)(=O)n2cc(-c3ccccc3)c(C(C)C)c2C)cc1. The topological polar surface area (TPSA) is 39.1 Å². The van der Waals surface area contributed by atoms with E-state index in [9.17, 15) is 8.42 Å². The van der Waals surface area contributed by atoms with E-state index in [-0.39, 0.29) is 5.92 Å². The fraction of sp³-hybridized carbons (Fsp3) is 0.238. The van der Waals surface area contributed by atoms with Gasteiger partial charge in [-0.05, 0) is 43.0 Å². The molecule has 0 aliphatic rings. The van der Waals surface area contributed by atoms with Crippen molar-refractivity contribution in [2.45, 2.75) is 38.5 Å². The van der Waals surface area contributed by atoms with Gasteiger partial charge in [0.2, 0.25) is 0 Å². The minimum atomic E-state index is -3.61. The first-order chi connectivity index (χ1) is 11.8. The molecule has 130 valence electrons. The Kier molecular flexibility index (Phi) is 4.56. The predicted molar refractivity (Wildman–Crippen MR) is 102 cm³/mol. The van der Waals surface area contributed by atoms with Gasteiger partial charge in [-0.1, -0.05) is 61.9 Å². The molecule has 0 N–H and O–H groups in total. The van der Waals surface area contributed by atoms with Gasteiger partial charge >= 0.3 is 0 Å². The molecular weight excluding hydrogens is 330 g/mol.